The quantitative estimate of drug-likeness (QED) is 0.310. The summed E-state index contributed by atoms with van der Waals surface area (Å²) in [4.78, 5) is 20.0. The van der Waals surface area contributed by atoms with Crippen molar-refractivity contribution in [3.63, 3.8) is 0 Å². The Labute approximate surface area is 211 Å². The van der Waals surface area contributed by atoms with Crippen molar-refractivity contribution in [3.05, 3.63) is 75.8 Å². The summed E-state index contributed by atoms with van der Waals surface area (Å²) in [6.07, 6.45) is 3.02. The number of anilines is 1. The maximum Gasteiger partial charge on any atom is 0.205 e. The van der Waals surface area contributed by atoms with Crippen molar-refractivity contribution >= 4 is 33.0 Å². The van der Waals surface area contributed by atoms with E-state index in [4.69, 9.17) is 15.5 Å². The molecule has 4 aromatic rings. The number of hydrogen-bond acceptors (Lipinski definition) is 5. The fourth-order valence-corrected chi connectivity index (χ4v) is 6.23. The molecule has 2 N–H and O–H groups in total. The van der Waals surface area contributed by atoms with Gasteiger partial charge in [-0.25, -0.2) is 4.98 Å². The van der Waals surface area contributed by atoms with Crippen LogP contribution in [0.15, 0.2) is 48.5 Å². The van der Waals surface area contributed by atoms with E-state index in [0.29, 0.717) is 22.0 Å². The highest BCUT2D eigenvalue weighted by Gasteiger charge is 2.33. The molecule has 0 spiro atoms. The van der Waals surface area contributed by atoms with Gasteiger partial charge in [-0.15, -0.1) is 11.3 Å². The first-order chi connectivity index (χ1) is 16.7. The molecule has 1 unspecified atom stereocenters. The van der Waals surface area contributed by atoms with Gasteiger partial charge in [0, 0.05) is 16.6 Å². The smallest absolute Gasteiger partial charge is 0.205 e. The number of thiophene rings is 1. The predicted octanol–water partition coefficient (Wildman–Crippen LogP) is 7.24. The van der Waals surface area contributed by atoms with Crippen molar-refractivity contribution in [2.45, 2.75) is 47.0 Å². The maximum atomic E-state index is 13.5. The average Bonchev–Trinajstić information content (AvgIpc) is 3.17. The maximum absolute atomic E-state index is 13.5. The minimum Gasteiger partial charge on any atom is -0.497 e. The second-order valence-corrected chi connectivity index (χ2v) is 11.7. The number of nitrogen functional groups attached to an aromatic ring is 1. The third kappa shape index (κ3) is 4.23. The average molecular weight is 485 g/mol. The van der Waals surface area contributed by atoms with Gasteiger partial charge in [-0.05, 0) is 66.3 Å². The lowest BCUT2D eigenvalue weighted by molar-refractivity contribution is 0.104. The lowest BCUT2D eigenvalue weighted by atomic mass is 9.70. The summed E-state index contributed by atoms with van der Waals surface area (Å²) in [6.45, 7) is 8.97. The van der Waals surface area contributed by atoms with Crippen LogP contribution in [0, 0.1) is 18.3 Å². The molecule has 1 atom stereocenters. The van der Waals surface area contributed by atoms with E-state index in [1.807, 2.05) is 43.3 Å². The van der Waals surface area contributed by atoms with Crippen LogP contribution in [0.4, 0.5) is 5.69 Å². The molecule has 5 rings (SSSR count). The van der Waals surface area contributed by atoms with Crippen LogP contribution in [0.2, 0.25) is 0 Å². The number of pyridine rings is 1. The molecule has 180 valence electrons. The van der Waals surface area contributed by atoms with E-state index < -0.39 is 0 Å². The molecule has 2 aromatic carbocycles. The van der Waals surface area contributed by atoms with Gasteiger partial charge in [-0.3, -0.25) is 4.79 Å². The molecule has 5 heteroatoms. The van der Waals surface area contributed by atoms with Gasteiger partial charge in [0.05, 0.1) is 12.8 Å². The number of carbonyl (C=O) groups is 1. The number of aromatic nitrogens is 1. The van der Waals surface area contributed by atoms with E-state index in [1.165, 1.54) is 16.9 Å². The predicted molar refractivity (Wildman–Crippen MR) is 146 cm³/mol. The molecule has 0 amide bonds. The van der Waals surface area contributed by atoms with E-state index in [1.54, 1.807) is 7.11 Å². The van der Waals surface area contributed by atoms with Gasteiger partial charge in [-0.2, -0.15) is 0 Å². The Balaban J connectivity index is 1.74. The number of hydrogen-bond donors (Lipinski definition) is 1. The van der Waals surface area contributed by atoms with Gasteiger partial charge >= 0.3 is 0 Å². The standard InChI is InChI=1S/C30H32N2O2S/c1-17-6-8-19(9-7-17)27(33)28-26(31)25-24(18-10-13-21(34-5)14-11-18)22-16-20(30(2,3)4)12-15-23(22)32-29(25)35-28/h6-11,13-14,20H,12,15-16,31H2,1-5H3. The molecule has 2 heterocycles. The van der Waals surface area contributed by atoms with Crippen molar-refractivity contribution in [2.75, 3.05) is 12.8 Å². The fourth-order valence-electron chi connectivity index (χ4n) is 5.14. The summed E-state index contributed by atoms with van der Waals surface area (Å²) < 4.78 is 5.40. The van der Waals surface area contributed by atoms with Gasteiger partial charge in [0.25, 0.3) is 0 Å². The second kappa shape index (κ2) is 8.80. The first kappa shape index (κ1) is 23.6. The number of carbonyl (C=O) groups excluding carboxylic acids is 1. The van der Waals surface area contributed by atoms with Gasteiger partial charge in [0.1, 0.15) is 15.5 Å². The van der Waals surface area contributed by atoms with Gasteiger partial charge in [0.2, 0.25) is 5.78 Å². The zero-order chi connectivity index (χ0) is 24.9. The van der Waals surface area contributed by atoms with Crippen LogP contribution < -0.4 is 10.5 Å². The first-order valence-electron chi connectivity index (χ1n) is 12.2. The molecule has 0 bridgehead atoms. The number of ether oxygens (including phenoxy) is 1. The monoisotopic (exact) mass is 484 g/mol. The minimum atomic E-state index is -0.0447. The molecule has 0 saturated heterocycles. The fraction of sp³-hybridized carbons (Fsp3) is 0.333. The van der Waals surface area contributed by atoms with Crippen molar-refractivity contribution in [2.24, 2.45) is 11.3 Å². The van der Waals surface area contributed by atoms with E-state index in [9.17, 15) is 4.79 Å². The Morgan fingerprint density at radius 2 is 1.77 bits per heavy atom. The number of ketones is 1. The Hall–Kier alpha value is -3.18. The molecule has 0 saturated carbocycles. The zero-order valence-electron chi connectivity index (χ0n) is 21.1. The number of fused-ring (bicyclic) bond motifs is 2. The van der Waals surface area contributed by atoms with E-state index in [-0.39, 0.29) is 11.2 Å². The second-order valence-electron chi connectivity index (χ2n) is 10.7. The van der Waals surface area contributed by atoms with E-state index in [2.05, 4.69) is 32.9 Å². The highest BCUT2D eigenvalue weighted by atomic mass is 32.1. The summed E-state index contributed by atoms with van der Waals surface area (Å²) in [5.41, 5.74) is 13.9. The van der Waals surface area contributed by atoms with Crippen LogP contribution in [-0.4, -0.2) is 17.9 Å². The molecule has 35 heavy (non-hydrogen) atoms. The zero-order valence-corrected chi connectivity index (χ0v) is 21.9. The van der Waals surface area contributed by atoms with Crippen LogP contribution in [0.1, 0.15) is 59.2 Å². The van der Waals surface area contributed by atoms with Crippen molar-refractivity contribution in [1.82, 2.24) is 4.98 Å². The lowest BCUT2D eigenvalue weighted by Gasteiger charge is -2.35. The van der Waals surface area contributed by atoms with Crippen molar-refractivity contribution in [1.29, 1.82) is 0 Å². The van der Waals surface area contributed by atoms with Crippen LogP contribution in [0.5, 0.6) is 5.75 Å². The SMILES string of the molecule is COc1ccc(-c2c3c(nc4sc(C(=O)c5ccc(C)cc5)c(N)c24)CCC(C(C)(C)C)C3)cc1. The Morgan fingerprint density at radius 1 is 1.09 bits per heavy atom. The van der Waals surface area contributed by atoms with Crippen LogP contribution in [0.3, 0.4) is 0 Å². The molecule has 0 radical (unpaired) electrons. The summed E-state index contributed by atoms with van der Waals surface area (Å²) in [7, 11) is 1.68. The van der Waals surface area contributed by atoms with E-state index in [0.717, 1.165) is 57.6 Å². The summed E-state index contributed by atoms with van der Waals surface area (Å²) in [6, 6.07) is 15.8. The summed E-state index contributed by atoms with van der Waals surface area (Å²) in [5, 5.41) is 0.906. The van der Waals surface area contributed by atoms with Crippen molar-refractivity contribution in [3.8, 4) is 16.9 Å². The lowest BCUT2D eigenvalue weighted by Crippen LogP contribution is -2.27. The van der Waals surface area contributed by atoms with Crippen LogP contribution >= 0.6 is 11.3 Å². The molecule has 0 aliphatic heterocycles. The molecule has 4 nitrogen and oxygen atoms in total. The molecular formula is C30H32N2O2S. The van der Waals surface area contributed by atoms with Crippen LogP contribution in [0.25, 0.3) is 21.3 Å². The Morgan fingerprint density at radius 3 is 2.40 bits per heavy atom. The van der Waals surface area contributed by atoms with Gasteiger partial charge in [0.15, 0.2) is 0 Å². The Kier molecular flexibility index (Phi) is 5.92. The largest absolute Gasteiger partial charge is 0.497 e. The number of benzene rings is 2. The Bertz CT molecular complexity index is 1410. The molecule has 2 aromatic heterocycles. The highest BCUT2D eigenvalue weighted by molar-refractivity contribution is 7.21. The highest BCUT2D eigenvalue weighted by Crippen LogP contribution is 2.47. The topological polar surface area (TPSA) is 65.2 Å². The molecule has 1 aliphatic carbocycles. The summed E-state index contributed by atoms with van der Waals surface area (Å²) >= 11 is 1.42. The third-order valence-corrected chi connectivity index (χ3v) is 8.46. The van der Waals surface area contributed by atoms with Gasteiger partial charge in [-0.1, -0.05) is 62.7 Å². The molecule has 1 aliphatic rings. The number of nitrogens with two attached hydrogens (primary N) is 1. The normalized spacial score (nSPS) is 15.7. The number of nitrogens with zero attached hydrogens (tertiary/aromatic N) is 1. The number of aryl methyl sites for hydroxylation is 2. The van der Waals surface area contributed by atoms with Gasteiger partial charge < -0.3 is 10.5 Å². The van der Waals surface area contributed by atoms with E-state index >= 15 is 0 Å². The molecule has 0 fully saturated rings. The summed E-state index contributed by atoms with van der Waals surface area (Å²) in [5.74, 6) is 1.32. The minimum absolute atomic E-state index is 0.0447. The number of methoxy groups -OCH3 is 1. The molecular weight excluding hydrogens is 452 g/mol. The first-order valence-corrected chi connectivity index (χ1v) is 13.0. The van der Waals surface area contributed by atoms with Crippen LogP contribution in [-0.2, 0) is 12.8 Å². The van der Waals surface area contributed by atoms with Crippen molar-refractivity contribution < 1.29 is 9.53 Å². The number of rotatable bonds is 4. The third-order valence-electron chi connectivity index (χ3n) is 7.37.